The molecule has 106 valence electrons. The van der Waals surface area contributed by atoms with Gasteiger partial charge < -0.3 is 10.6 Å². The molecule has 0 fully saturated rings. The number of sulfone groups is 1. The summed E-state index contributed by atoms with van der Waals surface area (Å²) in [7, 11) is 0.0349. The van der Waals surface area contributed by atoms with Crippen molar-refractivity contribution in [3.8, 4) is 0 Å². The number of hydrogen-bond donors (Lipinski definition) is 1. The van der Waals surface area contributed by atoms with Crippen molar-refractivity contribution < 1.29 is 8.42 Å². The van der Waals surface area contributed by atoms with Crippen LogP contribution in [0.1, 0.15) is 5.56 Å². The van der Waals surface area contributed by atoms with E-state index < -0.39 is 9.84 Å². The summed E-state index contributed by atoms with van der Waals surface area (Å²) < 4.78 is 25.5. The van der Waals surface area contributed by atoms with Gasteiger partial charge in [-0.15, -0.1) is 0 Å². The molecule has 0 heterocycles. The van der Waals surface area contributed by atoms with Gasteiger partial charge in [0, 0.05) is 19.8 Å². The monoisotopic (exact) mass is 290 g/mol. The summed E-state index contributed by atoms with van der Waals surface area (Å²) in [4.78, 5) is 2.27. The summed E-state index contributed by atoms with van der Waals surface area (Å²) in [6.45, 7) is 1.92. The topological polar surface area (TPSA) is 63.4 Å². The maximum atomic E-state index is 12.7. The van der Waals surface area contributed by atoms with E-state index in [1.807, 2.05) is 6.92 Å². The molecule has 0 saturated carbocycles. The molecule has 0 unspecified atom stereocenters. The van der Waals surface area contributed by atoms with Crippen molar-refractivity contribution in [2.75, 3.05) is 24.7 Å². The zero-order valence-corrected chi connectivity index (χ0v) is 12.6. The summed E-state index contributed by atoms with van der Waals surface area (Å²) in [5, 5.41) is 0. The van der Waals surface area contributed by atoms with Crippen LogP contribution in [0.4, 0.5) is 11.4 Å². The number of anilines is 2. The van der Waals surface area contributed by atoms with Crippen LogP contribution in [0, 0.1) is 6.92 Å². The zero-order chi connectivity index (χ0) is 14.9. The molecule has 2 rings (SSSR count). The third-order valence-corrected chi connectivity index (χ3v) is 4.89. The maximum Gasteiger partial charge on any atom is 0.208 e. The molecule has 0 bridgehead atoms. The quantitative estimate of drug-likeness (QED) is 0.882. The largest absolute Gasteiger partial charge is 0.399 e. The minimum atomic E-state index is -3.58. The van der Waals surface area contributed by atoms with Gasteiger partial charge in [-0.1, -0.05) is 17.7 Å². The fourth-order valence-corrected chi connectivity index (χ4v) is 3.53. The number of hydrogen-bond acceptors (Lipinski definition) is 4. The van der Waals surface area contributed by atoms with Crippen molar-refractivity contribution in [2.45, 2.75) is 16.7 Å². The summed E-state index contributed by atoms with van der Waals surface area (Å²) in [6, 6.07) is 11.7. The molecule has 0 atom stereocenters. The Morgan fingerprint density at radius 3 is 2.15 bits per heavy atom. The Morgan fingerprint density at radius 1 is 1.00 bits per heavy atom. The predicted molar refractivity (Wildman–Crippen MR) is 81.8 cm³/mol. The van der Waals surface area contributed by atoms with Gasteiger partial charge in [0.1, 0.15) is 0 Å². The Bertz CT molecular complexity index is 720. The third kappa shape index (κ3) is 2.63. The van der Waals surface area contributed by atoms with Crippen LogP contribution < -0.4 is 10.6 Å². The van der Waals surface area contributed by atoms with Crippen LogP contribution in [-0.2, 0) is 9.84 Å². The average molecular weight is 290 g/mol. The van der Waals surface area contributed by atoms with Crippen molar-refractivity contribution in [2.24, 2.45) is 0 Å². The molecular formula is C15H18N2O2S. The Hall–Kier alpha value is -2.01. The first-order valence-corrected chi connectivity index (χ1v) is 7.69. The van der Waals surface area contributed by atoms with E-state index in [4.69, 9.17) is 5.73 Å². The zero-order valence-electron chi connectivity index (χ0n) is 11.8. The van der Waals surface area contributed by atoms with E-state index >= 15 is 0 Å². The second kappa shape index (κ2) is 5.17. The first-order valence-electron chi connectivity index (χ1n) is 6.21. The SMILES string of the molecule is Cc1ccc(S(=O)(=O)c2cc(N)ccc2N(C)C)cc1. The van der Waals surface area contributed by atoms with Crippen LogP contribution in [0.5, 0.6) is 0 Å². The highest BCUT2D eigenvalue weighted by Crippen LogP contribution is 2.31. The second-order valence-electron chi connectivity index (χ2n) is 4.94. The van der Waals surface area contributed by atoms with Gasteiger partial charge in [-0.25, -0.2) is 8.42 Å². The van der Waals surface area contributed by atoms with Gasteiger partial charge in [0.2, 0.25) is 9.84 Å². The summed E-state index contributed by atoms with van der Waals surface area (Å²) >= 11 is 0. The van der Waals surface area contributed by atoms with Crippen molar-refractivity contribution in [1.82, 2.24) is 0 Å². The van der Waals surface area contributed by atoms with Crippen LogP contribution in [-0.4, -0.2) is 22.5 Å². The van der Waals surface area contributed by atoms with Crippen LogP contribution in [0.2, 0.25) is 0 Å². The molecule has 5 heteroatoms. The lowest BCUT2D eigenvalue weighted by molar-refractivity contribution is 0.596. The molecule has 0 aromatic heterocycles. The van der Waals surface area contributed by atoms with Gasteiger partial charge in [0.25, 0.3) is 0 Å². The lowest BCUT2D eigenvalue weighted by Gasteiger charge is -2.18. The number of nitrogens with zero attached hydrogens (tertiary/aromatic N) is 1. The van der Waals surface area contributed by atoms with Gasteiger partial charge in [-0.05, 0) is 37.3 Å². The molecule has 2 N–H and O–H groups in total. The molecular weight excluding hydrogens is 272 g/mol. The summed E-state index contributed by atoms with van der Waals surface area (Å²) in [6.07, 6.45) is 0. The maximum absolute atomic E-state index is 12.7. The van der Waals surface area contributed by atoms with E-state index in [1.54, 1.807) is 55.4 Å². The van der Waals surface area contributed by atoms with E-state index in [0.29, 0.717) is 11.4 Å². The lowest BCUT2D eigenvalue weighted by Crippen LogP contribution is -2.14. The predicted octanol–water partition coefficient (Wildman–Crippen LogP) is 2.48. The fourth-order valence-electron chi connectivity index (χ4n) is 1.96. The van der Waals surface area contributed by atoms with E-state index in [-0.39, 0.29) is 9.79 Å². The van der Waals surface area contributed by atoms with Gasteiger partial charge in [0.15, 0.2) is 0 Å². The van der Waals surface area contributed by atoms with Crippen LogP contribution in [0.3, 0.4) is 0 Å². The standard InChI is InChI=1S/C15H18N2O2S/c1-11-4-7-13(8-5-11)20(18,19)15-10-12(16)6-9-14(15)17(2)3/h4-10H,16H2,1-3H3. The molecule has 0 radical (unpaired) electrons. The first kappa shape index (κ1) is 14.4. The Morgan fingerprint density at radius 2 is 1.60 bits per heavy atom. The van der Waals surface area contributed by atoms with Crippen molar-refractivity contribution in [1.29, 1.82) is 0 Å². The second-order valence-corrected chi connectivity index (χ2v) is 6.86. The van der Waals surface area contributed by atoms with Gasteiger partial charge in [0.05, 0.1) is 15.5 Å². The van der Waals surface area contributed by atoms with Crippen LogP contribution >= 0.6 is 0 Å². The normalized spacial score (nSPS) is 11.3. The van der Waals surface area contributed by atoms with Crippen molar-refractivity contribution in [3.63, 3.8) is 0 Å². The van der Waals surface area contributed by atoms with E-state index in [9.17, 15) is 8.42 Å². The van der Waals surface area contributed by atoms with Gasteiger partial charge in [-0.3, -0.25) is 0 Å². The van der Waals surface area contributed by atoms with E-state index in [1.165, 1.54) is 6.07 Å². The lowest BCUT2D eigenvalue weighted by atomic mass is 10.2. The molecule has 2 aromatic carbocycles. The fraction of sp³-hybridized carbons (Fsp3) is 0.200. The Labute approximate surface area is 119 Å². The van der Waals surface area contributed by atoms with Gasteiger partial charge >= 0.3 is 0 Å². The van der Waals surface area contributed by atoms with Crippen LogP contribution in [0.25, 0.3) is 0 Å². The Balaban J connectivity index is 2.65. The third-order valence-electron chi connectivity index (χ3n) is 3.09. The number of nitrogen functional groups attached to an aromatic ring is 1. The summed E-state index contributed by atoms with van der Waals surface area (Å²) in [5.74, 6) is 0. The minimum absolute atomic E-state index is 0.228. The molecule has 0 aliphatic carbocycles. The molecule has 0 amide bonds. The molecule has 0 saturated heterocycles. The van der Waals surface area contributed by atoms with E-state index in [0.717, 1.165) is 5.56 Å². The minimum Gasteiger partial charge on any atom is -0.399 e. The van der Waals surface area contributed by atoms with Gasteiger partial charge in [-0.2, -0.15) is 0 Å². The van der Waals surface area contributed by atoms with Crippen LogP contribution in [0.15, 0.2) is 52.3 Å². The molecule has 2 aromatic rings. The molecule has 0 aliphatic rings. The first-order chi connectivity index (χ1) is 9.32. The highest BCUT2D eigenvalue weighted by atomic mass is 32.2. The van der Waals surface area contributed by atoms with E-state index in [2.05, 4.69) is 0 Å². The number of nitrogens with two attached hydrogens (primary N) is 1. The molecule has 0 spiro atoms. The van der Waals surface area contributed by atoms with Crippen molar-refractivity contribution >= 4 is 21.2 Å². The smallest absolute Gasteiger partial charge is 0.208 e. The molecule has 20 heavy (non-hydrogen) atoms. The van der Waals surface area contributed by atoms with Crippen molar-refractivity contribution in [3.05, 3.63) is 48.0 Å². The highest BCUT2D eigenvalue weighted by molar-refractivity contribution is 7.91. The highest BCUT2D eigenvalue weighted by Gasteiger charge is 2.22. The number of aryl methyl sites for hydroxylation is 1. The molecule has 4 nitrogen and oxygen atoms in total. The Kier molecular flexibility index (Phi) is 3.72. The average Bonchev–Trinajstić information content (AvgIpc) is 2.38. The molecule has 0 aliphatic heterocycles. The number of rotatable bonds is 3. The number of benzene rings is 2. The summed E-state index contributed by atoms with van der Waals surface area (Å²) in [5.41, 5.74) is 7.82.